The maximum Gasteiger partial charge on any atom is 0.418 e. The number of aromatic nitrogens is 1. The number of carbonyl (C=O) groups is 2. The predicted molar refractivity (Wildman–Crippen MR) is 110 cm³/mol. The lowest BCUT2D eigenvalue weighted by Crippen LogP contribution is -2.53. The molecule has 0 aromatic carbocycles. The number of piperidine rings is 1. The van der Waals surface area contributed by atoms with Gasteiger partial charge in [0.15, 0.2) is 6.10 Å². The molecular formula is C21H24F6N4O3. The SMILES string of the molecule is CNC=C(/C=C(\C=O)C(O)C(F)(F)F)C1CN(C(C)C(=O)Nc2ccc(F)cn2)CCC1(F)F. The van der Waals surface area contributed by atoms with Gasteiger partial charge in [0.2, 0.25) is 5.91 Å². The number of allylic oxidation sites excluding steroid dienone is 1. The Kier molecular flexibility index (Phi) is 8.83. The van der Waals surface area contributed by atoms with Crippen LogP contribution in [-0.2, 0) is 9.59 Å². The van der Waals surface area contributed by atoms with E-state index in [0.717, 1.165) is 18.5 Å². The first-order chi connectivity index (χ1) is 15.8. The Morgan fingerprint density at radius 2 is 2.03 bits per heavy atom. The molecule has 13 heteroatoms. The molecule has 1 saturated heterocycles. The highest BCUT2D eigenvalue weighted by Gasteiger charge is 2.47. The standard InChI is InChI=1S/C21H24F6N4O3/c1-12(19(34)30-17-4-3-15(22)9-29-17)31-6-5-20(23,24)16(10-31)13(8-28-2)7-14(11-32)18(33)21(25,26)27/h3-4,7-9,11-12,16,18,28,33H,5-6,10H2,1-2H3,(H,29,30,34)/b13-8?,14-7+. The number of aldehydes is 1. The molecular weight excluding hydrogens is 470 g/mol. The molecule has 0 radical (unpaired) electrons. The second kappa shape index (κ2) is 11.0. The van der Waals surface area contributed by atoms with Crippen molar-refractivity contribution in [3.63, 3.8) is 0 Å². The molecule has 0 aliphatic carbocycles. The number of hydrogen-bond donors (Lipinski definition) is 3. The second-order valence-electron chi connectivity index (χ2n) is 7.72. The molecule has 34 heavy (non-hydrogen) atoms. The minimum atomic E-state index is -5.17. The first-order valence-electron chi connectivity index (χ1n) is 10.1. The van der Waals surface area contributed by atoms with E-state index in [-0.39, 0.29) is 24.2 Å². The van der Waals surface area contributed by atoms with Crippen molar-refractivity contribution in [1.82, 2.24) is 15.2 Å². The number of carbonyl (C=O) groups excluding carboxylic acids is 2. The fraction of sp³-hybridized carbons (Fsp3) is 0.476. The molecule has 1 aromatic heterocycles. The van der Waals surface area contributed by atoms with Crippen LogP contribution in [0.3, 0.4) is 0 Å². The van der Waals surface area contributed by atoms with E-state index in [2.05, 4.69) is 15.6 Å². The lowest BCUT2D eigenvalue weighted by atomic mass is 9.85. The number of pyridine rings is 1. The zero-order chi connectivity index (χ0) is 25.7. The minimum Gasteiger partial charge on any atom is -0.394 e. The summed E-state index contributed by atoms with van der Waals surface area (Å²) in [4.78, 5) is 28.8. The monoisotopic (exact) mass is 494 g/mol. The van der Waals surface area contributed by atoms with Crippen LogP contribution in [0.4, 0.5) is 32.2 Å². The van der Waals surface area contributed by atoms with Gasteiger partial charge in [-0.25, -0.2) is 18.2 Å². The summed E-state index contributed by atoms with van der Waals surface area (Å²) < 4.78 is 81.2. The Bertz CT molecular complexity index is 933. The summed E-state index contributed by atoms with van der Waals surface area (Å²) in [5, 5.41) is 14.3. The van der Waals surface area contributed by atoms with E-state index in [4.69, 9.17) is 0 Å². The van der Waals surface area contributed by atoms with Gasteiger partial charge >= 0.3 is 6.18 Å². The van der Waals surface area contributed by atoms with Crippen LogP contribution in [0.25, 0.3) is 0 Å². The number of nitrogens with one attached hydrogen (secondary N) is 2. The van der Waals surface area contributed by atoms with Crippen LogP contribution in [0.2, 0.25) is 0 Å². The number of nitrogens with zero attached hydrogens (tertiary/aromatic N) is 2. The minimum absolute atomic E-state index is 0.0487. The molecule has 2 rings (SSSR count). The van der Waals surface area contributed by atoms with E-state index in [9.17, 15) is 41.0 Å². The van der Waals surface area contributed by atoms with Gasteiger partial charge in [-0.1, -0.05) is 0 Å². The Morgan fingerprint density at radius 3 is 2.56 bits per heavy atom. The van der Waals surface area contributed by atoms with Gasteiger partial charge in [0.25, 0.3) is 5.92 Å². The fourth-order valence-corrected chi connectivity index (χ4v) is 3.44. The molecule has 0 spiro atoms. The summed E-state index contributed by atoms with van der Waals surface area (Å²) in [7, 11) is 1.33. The van der Waals surface area contributed by atoms with Crippen molar-refractivity contribution < 1.29 is 41.0 Å². The number of anilines is 1. The molecule has 3 atom stereocenters. The molecule has 0 saturated carbocycles. The number of halogens is 6. The molecule has 1 fully saturated rings. The molecule has 2 heterocycles. The van der Waals surface area contributed by atoms with Crippen LogP contribution >= 0.6 is 0 Å². The summed E-state index contributed by atoms with van der Waals surface area (Å²) in [5.74, 6) is -6.24. The molecule has 1 aliphatic rings. The van der Waals surface area contributed by atoms with Gasteiger partial charge in [0.05, 0.1) is 18.2 Å². The molecule has 1 aliphatic heterocycles. The van der Waals surface area contributed by atoms with E-state index in [1.807, 2.05) is 0 Å². The topological polar surface area (TPSA) is 94.6 Å². The van der Waals surface area contributed by atoms with E-state index in [1.54, 1.807) is 0 Å². The molecule has 3 unspecified atom stereocenters. The highest BCUT2D eigenvalue weighted by molar-refractivity contribution is 5.93. The van der Waals surface area contributed by atoms with Crippen LogP contribution in [-0.4, -0.2) is 71.6 Å². The van der Waals surface area contributed by atoms with Gasteiger partial charge in [-0.3, -0.25) is 14.5 Å². The van der Waals surface area contributed by atoms with Crippen LogP contribution in [0.1, 0.15) is 13.3 Å². The van der Waals surface area contributed by atoms with Crippen molar-refractivity contribution in [2.24, 2.45) is 5.92 Å². The second-order valence-corrected chi connectivity index (χ2v) is 7.72. The Hall–Kier alpha value is -2.93. The summed E-state index contributed by atoms with van der Waals surface area (Å²) in [5.41, 5.74) is -1.48. The van der Waals surface area contributed by atoms with Crippen molar-refractivity contribution in [2.45, 2.75) is 37.6 Å². The van der Waals surface area contributed by atoms with E-state index >= 15 is 0 Å². The first-order valence-corrected chi connectivity index (χ1v) is 10.1. The smallest absolute Gasteiger partial charge is 0.394 e. The van der Waals surface area contributed by atoms with Gasteiger partial charge in [0.1, 0.15) is 17.9 Å². The van der Waals surface area contributed by atoms with Crippen LogP contribution < -0.4 is 10.6 Å². The molecule has 7 nitrogen and oxygen atoms in total. The number of likely N-dealkylation sites (tertiary alicyclic amines) is 1. The largest absolute Gasteiger partial charge is 0.418 e. The zero-order valence-corrected chi connectivity index (χ0v) is 18.2. The first kappa shape index (κ1) is 27.3. The molecule has 0 bridgehead atoms. The quantitative estimate of drug-likeness (QED) is 0.223. The maximum atomic E-state index is 14.8. The summed E-state index contributed by atoms with van der Waals surface area (Å²) in [6.45, 7) is 0.814. The third-order valence-electron chi connectivity index (χ3n) is 5.37. The third-order valence-corrected chi connectivity index (χ3v) is 5.37. The average molecular weight is 494 g/mol. The van der Waals surface area contributed by atoms with Crippen molar-refractivity contribution in [2.75, 3.05) is 25.5 Å². The van der Waals surface area contributed by atoms with Gasteiger partial charge in [-0.15, -0.1) is 0 Å². The number of amides is 1. The van der Waals surface area contributed by atoms with Crippen LogP contribution in [0.15, 0.2) is 41.8 Å². The summed E-state index contributed by atoms with van der Waals surface area (Å²) in [6, 6.07) is 1.35. The van der Waals surface area contributed by atoms with Crippen LogP contribution in [0, 0.1) is 11.7 Å². The van der Waals surface area contributed by atoms with Gasteiger partial charge in [0, 0.05) is 32.1 Å². The molecule has 188 valence electrons. The highest BCUT2D eigenvalue weighted by Crippen LogP contribution is 2.39. The summed E-state index contributed by atoms with van der Waals surface area (Å²) in [6.07, 6.45) is -6.79. The third kappa shape index (κ3) is 6.79. The Morgan fingerprint density at radius 1 is 1.35 bits per heavy atom. The number of alkyl halides is 5. The number of hydrogen-bond acceptors (Lipinski definition) is 6. The molecule has 1 amide bonds. The zero-order valence-electron chi connectivity index (χ0n) is 18.2. The van der Waals surface area contributed by atoms with Crippen molar-refractivity contribution in [3.05, 3.63) is 47.6 Å². The lowest BCUT2D eigenvalue weighted by molar-refractivity contribution is -0.191. The van der Waals surface area contributed by atoms with E-state index in [0.29, 0.717) is 6.08 Å². The number of rotatable bonds is 8. The van der Waals surface area contributed by atoms with Crippen molar-refractivity contribution in [1.29, 1.82) is 0 Å². The highest BCUT2D eigenvalue weighted by atomic mass is 19.4. The molecule has 1 aromatic rings. The van der Waals surface area contributed by atoms with E-state index in [1.165, 1.54) is 24.9 Å². The predicted octanol–water partition coefficient (Wildman–Crippen LogP) is 2.66. The number of aliphatic hydroxyl groups is 1. The Balaban J connectivity index is 2.28. The maximum absolute atomic E-state index is 14.8. The van der Waals surface area contributed by atoms with Crippen molar-refractivity contribution in [3.8, 4) is 0 Å². The van der Waals surface area contributed by atoms with Gasteiger partial charge in [-0.05, 0) is 36.9 Å². The molecule has 3 N–H and O–H groups in total. The lowest BCUT2D eigenvalue weighted by Gasteiger charge is -2.41. The average Bonchev–Trinajstić information content (AvgIpc) is 2.76. The fourth-order valence-electron chi connectivity index (χ4n) is 3.44. The normalized spacial score (nSPS) is 21.5. The van der Waals surface area contributed by atoms with Gasteiger partial charge < -0.3 is 15.7 Å². The van der Waals surface area contributed by atoms with Gasteiger partial charge in [-0.2, -0.15) is 13.2 Å². The Labute approximate surface area is 191 Å². The number of aliphatic hydroxyl groups excluding tert-OH is 1. The van der Waals surface area contributed by atoms with Crippen LogP contribution in [0.5, 0.6) is 0 Å². The van der Waals surface area contributed by atoms with Crippen molar-refractivity contribution >= 4 is 18.0 Å². The van der Waals surface area contributed by atoms with E-state index < -0.39 is 60.4 Å². The summed E-state index contributed by atoms with van der Waals surface area (Å²) >= 11 is 0.